The van der Waals surface area contributed by atoms with Gasteiger partial charge in [-0.2, -0.15) is 0 Å². The Labute approximate surface area is 78.0 Å². The number of likely N-dealkylation sites (N-methyl/N-ethyl adjacent to an activating group) is 1. The zero-order chi connectivity index (χ0) is 15.7. The summed E-state index contributed by atoms with van der Waals surface area (Å²) < 4.78 is 56.2. The molecule has 1 atom stereocenters. The predicted octanol–water partition coefficient (Wildman–Crippen LogP) is -1.81. The van der Waals surface area contributed by atoms with Gasteiger partial charge in [0.15, 0.2) is 0 Å². The third-order valence-electron chi connectivity index (χ3n) is 0.834. The Balaban J connectivity index is 5.52. The number of quaternary nitrogens is 1. The van der Waals surface area contributed by atoms with Crippen molar-refractivity contribution in [1.29, 1.82) is 1.43 Å². The SMILES string of the molecule is [2H]OC([2H])(CC(=O)[O-])C[N+](C)(C([2H])([2H])[2H])C([2H])([2H])[2H]. The van der Waals surface area contributed by atoms with Crippen LogP contribution in [0.3, 0.4) is 0 Å². The van der Waals surface area contributed by atoms with Crippen LogP contribution in [-0.2, 0) is 4.79 Å². The second kappa shape index (κ2) is 3.69. The van der Waals surface area contributed by atoms with Crippen molar-refractivity contribution in [3.05, 3.63) is 0 Å². The maximum atomic E-state index is 10.5. The molecule has 0 radical (unpaired) electrons. The zero-order valence-corrected chi connectivity index (χ0v) is 6.09. The Hall–Kier alpha value is -0.610. The Morgan fingerprint density at radius 1 is 2.00 bits per heavy atom. The van der Waals surface area contributed by atoms with Crippen molar-refractivity contribution in [3.63, 3.8) is 0 Å². The van der Waals surface area contributed by atoms with Gasteiger partial charge in [-0.05, 0) is 0 Å². The highest BCUT2D eigenvalue weighted by Crippen LogP contribution is 1.97. The molecule has 0 amide bonds. The van der Waals surface area contributed by atoms with Crippen LogP contribution in [0.1, 0.15) is 16.0 Å². The van der Waals surface area contributed by atoms with Crippen molar-refractivity contribution < 1.29 is 29.1 Å². The van der Waals surface area contributed by atoms with Gasteiger partial charge in [-0.25, -0.2) is 0 Å². The van der Waals surface area contributed by atoms with Gasteiger partial charge in [0.2, 0.25) is 1.43 Å². The summed E-state index contributed by atoms with van der Waals surface area (Å²) in [7, 11) is 0.831. The van der Waals surface area contributed by atoms with E-state index in [1.54, 1.807) is 0 Å². The second-order valence-electron chi connectivity index (χ2n) is 2.44. The number of aliphatic carboxylic acids is 1. The largest absolute Gasteiger partial charge is 0.550 e. The molecule has 0 rings (SSSR count). The van der Waals surface area contributed by atoms with E-state index in [4.69, 9.17) is 11.0 Å². The lowest BCUT2D eigenvalue weighted by Gasteiger charge is -2.26. The first-order valence-electron chi connectivity index (χ1n) is 6.79. The van der Waals surface area contributed by atoms with E-state index in [0.29, 0.717) is 0 Å². The first-order chi connectivity index (χ1) is 8.18. The number of rotatable bonds is 5. The average Bonchev–Trinajstić information content (AvgIpc) is 2.12. The van der Waals surface area contributed by atoms with Gasteiger partial charge in [0.25, 0.3) is 0 Å². The van der Waals surface area contributed by atoms with E-state index in [1.165, 1.54) is 0 Å². The number of carbonyl (C=O) groups is 1. The number of hydrogen-bond acceptors (Lipinski definition) is 3. The van der Waals surface area contributed by atoms with Gasteiger partial charge < -0.3 is 19.5 Å². The molecule has 0 aliphatic carbocycles. The third-order valence-corrected chi connectivity index (χ3v) is 0.834. The minimum atomic E-state index is -3.04. The van der Waals surface area contributed by atoms with E-state index in [2.05, 4.69) is 5.11 Å². The van der Waals surface area contributed by atoms with Crippen LogP contribution in [0.25, 0.3) is 0 Å². The Kier molecular flexibility index (Phi) is 1.02. The molecule has 11 heavy (non-hydrogen) atoms. The second-order valence-corrected chi connectivity index (χ2v) is 2.44. The van der Waals surface area contributed by atoms with Crippen molar-refractivity contribution in [2.24, 2.45) is 0 Å². The monoisotopic (exact) mass is 169 g/mol. The summed E-state index contributed by atoms with van der Waals surface area (Å²) in [6.07, 6.45) is -3.65. The summed E-state index contributed by atoms with van der Waals surface area (Å²) in [6, 6.07) is 0. The fourth-order valence-corrected chi connectivity index (χ4v) is 0.570. The molecule has 0 aromatic rings. The molecule has 0 heterocycles. The first-order valence-corrected chi connectivity index (χ1v) is 2.88. The maximum absolute atomic E-state index is 10.5. The topological polar surface area (TPSA) is 60.4 Å². The van der Waals surface area contributed by atoms with Gasteiger partial charge in [-0.15, -0.1) is 0 Å². The fourth-order valence-electron chi connectivity index (χ4n) is 0.570. The van der Waals surface area contributed by atoms with Crippen LogP contribution in [0.4, 0.5) is 0 Å². The molecule has 4 heteroatoms. The lowest BCUT2D eigenvalue weighted by molar-refractivity contribution is -0.873. The standard InChI is InChI=1S/C7H15NO3/c1-8(2,3)5-6(9)4-7(10)11/h6,9H,4-5H2,1-3H3/i1D3,2D3,6D,9D. The summed E-state index contributed by atoms with van der Waals surface area (Å²) in [5, 5.41) is 14.4. The van der Waals surface area contributed by atoms with E-state index in [0.717, 1.165) is 7.05 Å². The average molecular weight is 169 g/mol. The van der Waals surface area contributed by atoms with Crippen molar-refractivity contribution in [2.75, 3.05) is 27.5 Å². The summed E-state index contributed by atoms with van der Waals surface area (Å²) in [6.45, 7) is -7.11. The van der Waals surface area contributed by atoms with Crippen molar-refractivity contribution in [3.8, 4) is 0 Å². The number of carboxylic acids is 1. The van der Waals surface area contributed by atoms with Crippen molar-refractivity contribution >= 4 is 5.97 Å². The van der Waals surface area contributed by atoms with Crippen LogP contribution in [0.2, 0.25) is 0 Å². The Morgan fingerprint density at radius 2 is 2.64 bits per heavy atom. The molecule has 0 fully saturated rings. The van der Waals surface area contributed by atoms with Crippen LogP contribution < -0.4 is 5.11 Å². The first kappa shape index (κ1) is 3.03. The van der Waals surface area contributed by atoms with Crippen LogP contribution >= 0.6 is 0 Å². The van der Waals surface area contributed by atoms with Gasteiger partial charge in [0, 0.05) is 12.4 Å². The van der Waals surface area contributed by atoms with Gasteiger partial charge in [-0.1, -0.05) is 0 Å². The minimum Gasteiger partial charge on any atom is -0.550 e. The molecule has 0 aliphatic rings. The molecule has 66 valence electrons. The van der Waals surface area contributed by atoms with Crippen molar-refractivity contribution in [1.82, 2.24) is 0 Å². The summed E-state index contributed by atoms with van der Waals surface area (Å²) in [5.74, 6) is -1.75. The molecule has 0 bridgehead atoms. The van der Waals surface area contributed by atoms with Crippen LogP contribution in [0.15, 0.2) is 0 Å². The molecule has 0 aromatic carbocycles. The lowest BCUT2D eigenvalue weighted by Crippen LogP contribution is -2.43. The van der Waals surface area contributed by atoms with E-state index in [1.807, 2.05) is 0 Å². The molecule has 1 N–H and O–H groups in total. The summed E-state index contributed by atoms with van der Waals surface area (Å²) >= 11 is 0. The molecular weight excluding hydrogens is 146 g/mol. The quantitative estimate of drug-likeness (QED) is 0.494. The minimum absolute atomic E-state index is 0.831. The molecule has 1 unspecified atom stereocenters. The predicted molar refractivity (Wildman–Crippen MR) is 38.5 cm³/mol. The zero-order valence-electron chi connectivity index (χ0n) is 14.1. The Bertz CT molecular complexity index is 326. The van der Waals surface area contributed by atoms with E-state index < -0.39 is 43.4 Å². The maximum Gasteiger partial charge on any atom is 0.211 e. The number of nitrogens with zero attached hydrogens (tertiary/aromatic N) is 1. The fraction of sp³-hybridized carbons (Fsp3) is 0.857. The van der Waals surface area contributed by atoms with Gasteiger partial charge in [0.1, 0.15) is 12.6 Å². The van der Waals surface area contributed by atoms with Crippen molar-refractivity contribution in [2.45, 2.75) is 12.5 Å². The summed E-state index contributed by atoms with van der Waals surface area (Å²) in [4.78, 5) is 10.5. The van der Waals surface area contributed by atoms with E-state index in [-0.39, 0.29) is 0 Å². The normalized spacial score (nSPS) is 30.3. The highest BCUT2D eigenvalue weighted by Gasteiger charge is 2.14. The molecule has 0 saturated heterocycles. The third kappa shape index (κ3) is 7.29. The van der Waals surface area contributed by atoms with Crippen LogP contribution in [0.5, 0.6) is 0 Å². The van der Waals surface area contributed by atoms with Gasteiger partial charge in [-0.3, -0.25) is 0 Å². The molecule has 0 aliphatic heterocycles. The van der Waals surface area contributed by atoms with E-state index in [9.17, 15) is 9.90 Å². The molecule has 0 aromatic heterocycles. The number of carboxylic acid groups (broad SMARTS) is 1. The lowest BCUT2D eigenvalue weighted by atomic mass is 10.2. The number of hydrogen-bond donors (Lipinski definition) is 1. The number of aliphatic hydroxyl groups is 1. The molecule has 0 saturated carbocycles. The molecule has 0 spiro atoms. The highest BCUT2D eigenvalue weighted by molar-refractivity contribution is 5.64. The Morgan fingerprint density at radius 3 is 3.00 bits per heavy atom. The molecular formula is C7H15NO3. The van der Waals surface area contributed by atoms with Gasteiger partial charge in [0.05, 0.1) is 30.6 Å². The van der Waals surface area contributed by atoms with Crippen LogP contribution in [-0.4, -0.2) is 50.6 Å². The van der Waals surface area contributed by atoms with Crippen LogP contribution in [0, 0.1) is 0 Å². The molecule has 4 nitrogen and oxygen atoms in total. The van der Waals surface area contributed by atoms with E-state index >= 15 is 0 Å². The highest BCUT2D eigenvalue weighted by atomic mass is 16.4. The van der Waals surface area contributed by atoms with Gasteiger partial charge >= 0.3 is 0 Å². The summed E-state index contributed by atoms with van der Waals surface area (Å²) in [5.41, 5.74) is 0. The smallest absolute Gasteiger partial charge is 0.211 e. The number of carbonyl (C=O) groups excluding carboxylic acids is 1.